The van der Waals surface area contributed by atoms with Gasteiger partial charge in [-0.3, -0.25) is 10.1 Å². The minimum atomic E-state index is -1.13. The van der Waals surface area contributed by atoms with Gasteiger partial charge in [-0.05, 0) is 32.4 Å². The van der Waals surface area contributed by atoms with Gasteiger partial charge in [0.05, 0.1) is 35.3 Å². The molecule has 0 radical (unpaired) electrons. The third-order valence-corrected chi connectivity index (χ3v) is 4.07. The highest BCUT2D eigenvalue weighted by Gasteiger charge is 2.39. The number of phenols is 1. The van der Waals surface area contributed by atoms with E-state index >= 15 is 0 Å². The Morgan fingerprint density at radius 2 is 2.00 bits per heavy atom. The predicted octanol–water partition coefficient (Wildman–Crippen LogP) is 2.67. The minimum Gasteiger partial charge on any atom is -0.504 e. The zero-order valence-corrected chi connectivity index (χ0v) is 15.9. The lowest BCUT2D eigenvalue weighted by Crippen LogP contribution is -2.46. The molecule has 2 rings (SSSR count). The molecule has 28 heavy (non-hydrogen) atoms. The molecular weight excluding hydrogens is 370 g/mol. The van der Waals surface area contributed by atoms with Crippen LogP contribution in [0, 0.1) is 10.1 Å². The average Bonchev–Trinajstić information content (AvgIpc) is 2.63. The minimum absolute atomic E-state index is 0.0118. The summed E-state index contributed by atoms with van der Waals surface area (Å²) in [6.07, 6.45) is 1.01. The molecule has 1 unspecified atom stereocenters. The lowest BCUT2D eigenvalue weighted by atomic mass is 9.92. The van der Waals surface area contributed by atoms with Crippen molar-refractivity contribution in [2.75, 3.05) is 13.2 Å². The van der Waals surface area contributed by atoms with Gasteiger partial charge in [-0.15, -0.1) is 0 Å². The van der Waals surface area contributed by atoms with Crippen molar-refractivity contribution in [3.05, 3.63) is 39.1 Å². The number of amides is 2. The average molecular weight is 393 g/mol. The van der Waals surface area contributed by atoms with Crippen LogP contribution in [0.2, 0.25) is 0 Å². The molecule has 1 aliphatic heterocycles. The SMILES string of the molecule is CCCC1=C(C(=O)OCC)C(c2ccc(O)c(OCC)c2[N+](=O)[O-])NC(=O)N1. The van der Waals surface area contributed by atoms with Crippen molar-refractivity contribution in [2.45, 2.75) is 39.7 Å². The summed E-state index contributed by atoms with van der Waals surface area (Å²) in [5, 5.41) is 26.9. The van der Waals surface area contributed by atoms with Crippen molar-refractivity contribution in [1.29, 1.82) is 0 Å². The molecule has 10 heteroatoms. The van der Waals surface area contributed by atoms with E-state index in [0.717, 1.165) is 0 Å². The molecule has 0 saturated carbocycles. The van der Waals surface area contributed by atoms with Gasteiger partial charge in [0.25, 0.3) is 0 Å². The standard InChI is InChI=1S/C18H23N3O7/c1-4-7-11-13(17(23)28-6-3)14(20-18(24)19-11)10-8-9-12(22)16(27-5-2)15(10)21(25)26/h8-9,14,22H,4-7H2,1-3H3,(H2,19,20,24). The van der Waals surface area contributed by atoms with Crippen molar-refractivity contribution < 1.29 is 29.1 Å². The fourth-order valence-electron chi connectivity index (χ4n) is 3.03. The Morgan fingerprint density at radius 1 is 1.29 bits per heavy atom. The van der Waals surface area contributed by atoms with Crippen molar-refractivity contribution >= 4 is 17.7 Å². The van der Waals surface area contributed by atoms with Gasteiger partial charge in [0.1, 0.15) is 0 Å². The summed E-state index contributed by atoms with van der Waals surface area (Å²) in [5.74, 6) is -1.42. The van der Waals surface area contributed by atoms with Gasteiger partial charge in [0, 0.05) is 5.70 Å². The highest BCUT2D eigenvalue weighted by Crippen LogP contribution is 2.44. The summed E-state index contributed by atoms with van der Waals surface area (Å²) in [6, 6.07) is 0.787. The zero-order chi connectivity index (χ0) is 20.8. The summed E-state index contributed by atoms with van der Waals surface area (Å²) in [5.41, 5.74) is -0.0842. The van der Waals surface area contributed by atoms with Crippen LogP contribution in [0.15, 0.2) is 23.4 Å². The topological polar surface area (TPSA) is 140 Å². The van der Waals surface area contributed by atoms with Gasteiger partial charge in [0.15, 0.2) is 5.75 Å². The second-order valence-electron chi connectivity index (χ2n) is 5.94. The van der Waals surface area contributed by atoms with Crippen LogP contribution in [0.1, 0.15) is 45.2 Å². The number of esters is 1. The van der Waals surface area contributed by atoms with Crippen molar-refractivity contribution in [3.63, 3.8) is 0 Å². The van der Waals surface area contributed by atoms with E-state index in [2.05, 4.69) is 10.6 Å². The molecule has 10 nitrogen and oxygen atoms in total. The number of benzene rings is 1. The molecule has 0 saturated heterocycles. The van der Waals surface area contributed by atoms with Gasteiger partial charge < -0.3 is 25.2 Å². The molecule has 152 valence electrons. The summed E-state index contributed by atoms with van der Waals surface area (Å²) in [6.45, 7) is 5.31. The molecule has 1 atom stereocenters. The number of ether oxygens (including phenoxy) is 2. The fraction of sp³-hybridized carbons (Fsp3) is 0.444. The van der Waals surface area contributed by atoms with Crippen LogP contribution in [0.5, 0.6) is 11.5 Å². The number of nitro benzene ring substituents is 1. The van der Waals surface area contributed by atoms with Gasteiger partial charge in [-0.2, -0.15) is 0 Å². The first-order chi connectivity index (χ1) is 13.3. The Balaban J connectivity index is 2.73. The number of hydrogen-bond donors (Lipinski definition) is 3. The van der Waals surface area contributed by atoms with Crippen molar-refractivity contribution in [1.82, 2.24) is 10.6 Å². The highest BCUT2D eigenvalue weighted by atomic mass is 16.6. The molecule has 1 aromatic rings. The molecule has 2 amide bonds. The zero-order valence-electron chi connectivity index (χ0n) is 15.9. The summed E-state index contributed by atoms with van der Waals surface area (Å²) >= 11 is 0. The number of nitrogens with one attached hydrogen (secondary N) is 2. The number of nitrogens with zero attached hydrogens (tertiary/aromatic N) is 1. The first-order valence-electron chi connectivity index (χ1n) is 8.96. The number of urea groups is 1. The van der Waals surface area contributed by atoms with Crippen LogP contribution in [-0.2, 0) is 9.53 Å². The van der Waals surface area contributed by atoms with Crippen molar-refractivity contribution in [3.8, 4) is 11.5 Å². The lowest BCUT2D eigenvalue weighted by molar-refractivity contribution is -0.386. The van der Waals surface area contributed by atoms with E-state index in [9.17, 15) is 24.8 Å². The van der Waals surface area contributed by atoms with E-state index in [1.165, 1.54) is 12.1 Å². The smallest absolute Gasteiger partial charge is 0.338 e. The highest BCUT2D eigenvalue weighted by molar-refractivity contribution is 5.95. The van der Waals surface area contributed by atoms with Gasteiger partial charge in [-0.25, -0.2) is 9.59 Å². The van der Waals surface area contributed by atoms with Crippen LogP contribution in [0.4, 0.5) is 10.5 Å². The number of hydrogen-bond acceptors (Lipinski definition) is 7. The molecule has 1 aliphatic rings. The third kappa shape index (κ3) is 4.16. The predicted molar refractivity (Wildman–Crippen MR) is 98.9 cm³/mol. The normalized spacial score (nSPS) is 16.2. The van der Waals surface area contributed by atoms with Gasteiger partial charge in [-0.1, -0.05) is 13.3 Å². The Hall–Kier alpha value is -3.30. The molecular formula is C18H23N3O7. The lowest BCUT2D eigenvalue weighted by Gasteiger charge is -2.29. The Kier molecular flexibility index (Phi) is 6.80. The fourth-order valence-corrected chi connectivity index (χ4v) is 3.03. The maximum Gasteiger partial charge on any atom is 0.338 e. The molecule has 0 aliphatic carbocycles. The molecule has 0 bridgehead atoms. The summed E-state index contributed by atoms with van der Waals surface area (Å²) < 4.78 is 10.4. The number of rotatable bonds is 8. The number of allylic oxidation sites excluding steroid dienone is 1. The molecule has 0 spiro atoms. The van der Waals surface area contributed by atoms with E-state index in [-0.39, 0.29) is 30.1 Å². The van der Waals surface area contributed by atoms with Crippen LogP contribution in [0.3, 0.4) is 0 Å². The summed E-state index contributed by atoms with van der Waals surface area (Å²) in [4.78, 5) is 35.8. The van der Waals surface area contributed by atoms with E-state index < -0.39 is 34.4 Å². The Morgan fingerprint density at radius 3 is 2.57 bits per heavy atom. The monoisotopic (exact) mass is 393 g/mol. The largest absolute Gasteiger partial charge is 0.504 e. The molecule has 0 fully saturated rings. The third-order valence-electron chi connectivity index (χ3n) is 4.07. The van der Waals surface area contributed by atoms with Crippen LogP contribution in [-0.4, -0.2) is 35.2 Å². The van der Waals surface area contributed by atoms with E-state index in [0.29, 0.717) is 18.5 Å². The van der Waals surface area contributed by atoms with Crippen molar-refractivity contribution in [2.24, 2.45) is 0 Å². The first-order valence-corrected chi connectivity index (χ1v) is 8.96. The van der Waals surface area contributed by atoms with Crippen LogP contribution in [0.25, 0.3) is 0 Å². The number of phenolic OH excluding ortho intramolecular Hbond substituents is 1. The van der Waals surface area contributed by atoms with Crippen LogP contribution < -0.4 is 15.4 Å². The van der Waals surface area contributed by atoms with Crippen LogP contribution >= 0.6 is 0 Å². The first kappa shape index (κ1) is 21.0. The molecule has 1 aromatic carbocycles. The van der Waals surface area contributed by atoms with E-state index in [1.807, 2.05) is 6.92 Å². The number of aromatic hydroxyl groups is 1. The number of carbonyl (C=O) groups is 2. The molecule has 3 N–H and O–H groups in total. The Bertz CT molecular complexity index is 820. The second kappa shape index (κ2) is 9.07. The van der Waals surface area contributed by atoms with Gasteiger partial charge >= 0.3 is 17.7 Å². The number of carbonyl (C=O) groups excluding carboxylic acids is 2. The van der Waals surface area contributed by atoms with Gasteiger partial charge in [0.2, 0.25) is 5.75 Å². The second-order valence-corrected chi connectivity index (χ2v) is 5.94. The quantitative estimate of drug-likeness (QED) is 0.350. The maximum absolute atomic E-state index is 12.6. The number of nitro groups is 1. The van der Waals surface area contributed by atoms with E-state index in [4.69, 9.17) is 9.47 Å². The maximum atomic E-state index is 12.6. The summed E-state index contributed by atoms with van der Waals surface area (Å²) in [7, 11) is 0. The Labute approximate surface area is 161 Å². The van der Waals surface area contributed by atoms with E-state index in [1.54, 1.807) is 13.8 Å². The molecule has 1 heterocycles. The molecule has 0 aromatic heterocycles.